The van der Waals surface area contributed by atoms with E-state index in [-0.39, 0.29) is 12.5 Å². The second-order valence-corrected chi connectivity index (χ2v) is 5.20. The van der Waals surface area contributed by atoms with E-state index in [0.29, 0.717) is 22.8 Å². The van der Waals surface area contributed by atoms with Crippen LogP contribution in [-0.2, 0) is 4.79 Å². The van der Waals surface area contributed by atoms with Gasteiger partial charge in [0.2, 0.25) is 0 Å². The first kappa shape index (κ1) is 16.0. The number of carboxylic acids is 1. The summed E-state index contributed by atoms with van der Waals surface area (Å²) >= 11 is 5.85. The second-order valence-electron chi connectivity index (χ2n) is 4.76. The zero-order chi connectivity index (χ0) is 16.3. The lowest BCUT2D eigenvalue weighted by Crippen LogP contribution is -2.35. The highest BCUT2D eigenvalue weighted by molar-refractivity contribution is 6.30. The lowest BCUT2D eigenvalue weighted by atomic mass is 10.2. The van der Waals surface area contributed by atoms with E-state index in [4.69, 9.17) is 16.7 Å². The van der Waals surface area contributed by atoms with Gasteiger partial charge in [-0.25, -0.2) is 4.68 Å². The molecule has 1 aromatic carbocycles. The SMILES string of the molecule is CCN(CC(=O)O)C(=O)c1cn(-c2ccc(Cl)cc2)nc1C. The minimum Gasteiger partial charge on any atom is -0.480 e. The largest absolute Gasteiger partial charge is 0.480 e. The molecule has 0 saturated carbocycles. The molecule has 6 nitrogen and oxygen atoms in total. The van der Waals surface area contributed by atoms with Crippen LogP contribution in [0.3, 0.4) is 0 Å². The predicted octanol–water partition coefficient (Wildman–Crippen LogP) is 2.38. The summed E-state index contributed by atoms with van der Waals surface area (Å²) < 4.78 is 1.58. The van der Waals surface area contributed by atoms with Gasteiger partial charge in [0, 0.05) is 17.8 Å². The summed E-state index contributed by atoms with van der Waals surface area (Å²) in [4.78, 5) is 24.5. The molecule has 0 bridgehead atoms. The monoisotopic (exact) mass is 321 g/mol. The minimum atomic E-state index is -1.04. The van der Waals surface area contributed by atoms with Crippen molar-refractivity contribution in [3.8, 4) is 5.69 Å². The average molecular weight is 322 g/mol. The summed E-state index contributed by atoms with van der Waals surface area (Å²) in [6.45, 7) is 3.44. The summed E-state index contributed by atoms with van der Waals surface area (Å²) in [7, 11) is 0. The maximum atomic E-state index is 12.4. The summed E-state index contributed by atoms with van der Waals surface area (Å²) in [6, 6.07) is 7.05. The van der Waals surface area contributed by atoms with E-state index < -0.39 is 5.97 Å². The number of amides is 1. The molecule has 1 amide bonds. The van der Waals surface area contributed by atoms with Gasteiger partial charge in [0.05, 0.1) is 16.9 Å². The van der Waals surface area contributed by atoms with Gasteiger partial charge in [-0.15, -0.1) is 0 Å². The Labute approximate surface area is 132 Å². The minimum absolute atomic E-state index is 0.316. The zero-order valence-electron chi connectivity index (χ0n) is 12.3. The molecule has 0 radical (unpaired) electrons. The van der Waals surface area contributed by atoms with Gasteiger partial charge in [-0.2, -0.15) is 5.10 Å². The van der Waals surface area contributed by atoms with Gasteiger partial charge < -0.3 is 10.0 Å². The molecule has 1 heterocycles. The smallest absolute Gasteiger partial charge is 0.323 e. The molecule has 0 spiro atoms. The first-order valence-corrected chi connectivity index (χ1v) is 7.13. The number of hydrogen-bond donors (Lipinski definition) is 1. The number of rotatable bonds is 5. The highest BCUT2D eigenvalue weighted by Crippen LogP contribution is 2.16. The number of carbonyl (C=O) groups excluding carboxylic acids is 1. The maximum Gasteiger partial charge on any atom is 0.323 e. The quantitative estimate of drug-likeness (QED) is 0.917. The Bertz CT molecular complexity index is 695. The number of halogens is 1. The van der Waals surface area contributed by atoms with Crippen LogP contribution >= 0.6 is 11.6 Å². The van der Waals surface area contributed by atoms with Crippen molar-refractivity contribution in [3.63, 3.8) is 0 Å². The van der Waals surface area contributed by atoms with Gasteiger partial charge in [0.15, 0.2) is 0 Å². The molecule has 0 saturated heterocycles. The number of carboxylic acid groups (broad SMARTS) is 1. The number of aliphatic carboxylic acids is 1. The fourth-order valence-electron chi connectivity index (χ4n) is 2.06. The van der Waals surface area contributed by atoms with E-state index in [0.717, 1.165) is 5.69 Å². The number of hydrogen-bond acceptors (Lipinski definition) is 3. The Morgan fingerprint density at radius 2 is 1.95 bits per heavy atom. The van der Waals surface area contributed by atoms with Crippen molar-refractivity contribution in [1.29, 1.82) is 0 Å². The van der Waals surface area contributed by atoms with Gasteiger partial charge >= 0.3 is 5.97 Å². The highest BCUT2D eigenvalue weighted by atomic mass is 35.5. The maximum absolute atomic E-state index is 12.4. The van der Waals surface area contributed by atoms with Crippen molar-refractivity contribution in [2.45, 2.75) is 13.8 Å². The van der Waals surface area contributed by atoms with E-state index in [1.807, 2.05) is 0 Å². The lowest BCUT2D eigenvalue weighted by Gasteiger charge is -2.17. The third-order valence-electron chi connectivity index (χ3n) is 3.22. The van der Waals surface area contributed by atoms with E-state index in [1.165, 1.54) is 4.90 Å². The number of likely N-dealkylation sites (N-methyl/N-ethyl adjacent to an activating group) is 1. The van der Waals surface area contributed by atoms with Crippen LogP contribution in [0.5, 0.6) is 0 Å². The fraction of sp³-hybridized carbons (Fsp3) is 0.267. The molecule has 2 rings (SSSR count). The summed E-state index contributed by atoms with van der Waals surface area (Å²) in [5, 5.41) is 13.8. The average Bonchev–Trinajstić information content (AvgIpc) is 2.86. The number of carbonyl (C=O) groups is 2. The summed E-state index contributed by atoms with van der Waals surface area (Å²) in [5.74, 6) is -1.39. The predicted molar refractivity (Wildman–Crippen MR) is 82.5 cm³/mol. The lowest BCUT2D eigenvalue weighted by molar-refractivity contribution is -0.137. The number of aromatic nitrogens is 2. The Balaban J connectivity index is 2.31. The Morgan fingerprint density at radius 3 is 2.50 bits per heavy atom. The van der Waals surface area contributed by atoms with Crippen LogP contribution in [0.1, 0.15) is 23.0 Å². The van der Waals surface area contributed by atoms with Crippen LogP contribution in [0.25, 0.3) is 5.69 Å². The van der Waals surface area contributed by atoms with Crippen molar-refractivity contribution in [2.24, 2.45) is 0 Å². The Hall–Kier alpha value is -2.34. The zero-order valence-corrected chi connectivity index (χ0v) is 13.0. The molecular weight excluding hydrogens is 306 g/mol. The van der Waals surface area contributed by atoms with Crippen molar-refractivity contribution in [3.05, 3.63) is 46.7 Å². The second kappa shape index (κ2) is 6.62. The molecule has 116 valence electrons. The number of benzene rings is 1. The molecular formula is C15H16ClN3O3. The molecule has 0 atom stereocenters. The topological polar surface area (TPSA) is 75.4 Å². The highest BCUT2D eigenvalue weighted by Gasteiger charge is 2.21. The molecule has 1 aromatic heterocycles. The molecule has 7 heteroatoms. The van der Waals surface area contributed by atoms with Gasteiger partial charge in [-0.3, -0.25) is 9.59 Å². The van der Waals surface area contributed by atoms with Gasteiger partial charge in [0.1, 0.15) is 6.54 Å². The summed E-state index contributed by atoms with van der Waals surface area (Å²) in [5.41, 5.74) is 1.70. The molecule has 22 heavy (non-hydrogen) atoms. The number of aryl methyl sites for hydroxylation is 1. The molecule has 0 fully saturated rings. The first-order valence-electron chi connectivity index (χ1n) is 6.75. The van der Waals surface area contributed by atoms with Gasteiger partial charge in [-0.1, -0.05) is 11.6 Å². The summed E-state index contributed by atoms with van der Waals surface area (Å²) in [6.07, 6.45) is 1.60. The molecule has 1 N–H and O–H groups in total. The van der Waals surface area contributed by atoms with Crippen molar-refractivity contribution in [1.82, 2.24) is 14.7 Å². The van der Waals surface area contributed by atoms with Gasteiger partial charge in [-0.05, 0) is 38.1 Å². The standard InChI is InChI=1S/C15H16ClN3O3/c1-3-18(9-14(20)21)15(22)13-8-19(17-10(13)2)12-6-4-11(16)5-7-12/h4-8H,3,9H2,1-2H3,(H,20,21). The fourth-order valence-corrected chi connectivity index (χ4v) is 2.18. The molecule has 0 aliphatic carbocycles. The van der Waals surface area contributed by atoms with Crippen molar-refractivity contribution in [2.75, 3.05) is 13.1 Å². The van der Waals surface area contributed by atoms with Crippen molar-refractivity contribution < 1.29 is 14.7 Å². The van der Waals surface area contributed by atoms with E-state index in [2.05, 4.69) is 5.10 Å². The third kappa shape index (κ3) is 3.46. The molecule has 0 unspecified atom stereocenters. The Kier molecular flexibility index (Phi) is 4.82. The first-order chi connectivity index (χ1) is 10.4. The van der Waals surface area contributed by atoms with Crippen LogP contribution in [0.4, 0.5) is 0 Å². The van der Waals surface area contributed by atoms with Crippen LogP contribution in [-0.4, -0.2) is 44.8 Å². The van der Waals surface area contributed by atoms with Gasteiger partial charge in [0.25, 0.3) is 5.91 Å². The molecule has 0 aliphatic heterocycles. The number of nitrogens with zero attached hydrogens (tertiary/aromatic N) is 3. The Morgan fingerprint density at radius 1 is 1.32 bits per heavy atom. The normalized spacial score (nSPS) is 10.5. The van der Waals surface area contributed by atoms with Crippen LogP contribution in [0, 0.1) is 6.92 Å². The van der Waals surface area contributed by atoms with Crippen LogP contribution in [0.15, 0.2) is 30.5 Å². The van der Waals surface area contributed by atoms with Crippen molar-refractivity contribution >= 4 is 23.5 Å². The van der Waals surface area contributed by atoms with E-state index in [9.17, 15) is 9.59 Å². The molecule has 2 aromatic rings. The third-order valence-corrected chi connectivity index (χ3v) is 3.47. The van der Waals surface area contributed by atoms with E-state index in [1.54, 1.807) is 49.0 Å². The molecule has 0 aliphatic rings. The van der Waals surface area contributed by atoms with Crippen LogP contribution < -0.4 is 0 Å². The van der Waals surface area contributed by atoms with E-state index >= 15 is 0 Å². The van der Waals surface area contributed by atoms with Crippen LogP contribution in [0.2, 0.25) is 5.02 Å².